The van der Waals surface area contributed by atoms with E-state index in [0.29, 0.717) is 17.5 Å². The highest BCUT2D eigenvalue weighted by molar-refractivity contribution is 8.25. The molecule has 3 aromatic rings. The summed E-state index contributed by atoms with van der Waals surface area (Å²) in [6, 6.07) is 16.3. The average Bonchev–Trinajstić information content (AvgIpc) is 3.39. The van der Waals surface area contributed by atoms with E-state index >= 15 is 0 Å². The standard InChI is InChI=1S/C20H21N7OS2/c1-3-29-20-24-27(19(30-20)21-13(2)28)12-14-8-10-15(11-9-14)16-6-4-5-7-17(16)18-22-25-26-23-18/h4-11,20,24H,3,12H2,1-2H3,(H,22,23,25,26). The van der Waals surface area contributed by atoms with Gasteiger partial charge in [0.25, 0.3) is 0 Å². The fourth-order valence-electron chi connectivity index (χ4n) is 3.11. The highest BCUT2D eigenvalue weighted by Crippen LogP contribution is 2.32. The second-order valence-electron chi connectivity index (χ2n) is 6.53. The van der Waals surface area contributed by atoms with Crippen molar-refractivity contribution < 1.29 is 4.79 Å². The lowest BCUT2D eigenvalue weighted by Crippen LogP contribution is -2.36. The number of amidine groups is 1. The summed E-state index contributed by atoms with van der Waals surface area (Å²) in [6.07, 6.45) is 0. The molecule has 1 fully saturated rings. The number of benzene rings is 2. The number of hydrazine groups is 1. The van der Waals surface area contributed by atoms with Crippen molar-refractivity contribution in [3.8, 4) is 22.5 Å². The molecule has 0 saturated carbocycles. The van der Waals surface area contributed by atoms with Crippen LogP contribution in [0.4, 0.5) is 0 Å². The molecule has 1 saturated heterocycles. The van der Waals surface area contributed by atoms with E-state index in [-0.39, 0.29) is 10.6 Å². The molecule has 1 aliphatic heterocycles. The third-order valence-corrected chi connectivity index (χ3v) is 6.69. The van der Waals surface area contributed by atoms with Gasteiger partial charge in [0, 0.05) is 12.5 Å². The Morgan fingerprint density at radius 3 is 2.63 bits per heavy atom. The molecule has 4 rings (SSSR count). The van der Waals surface area contributed by atoms with Crippen LogP contribution in [0.2, 0.25) is 0 Å². The number of hydrogen-bond acceptors (Lipinski definition) is 7. The topological polar surface area (TPSA) is 99.2 Å². The van der Waals surface area contributed by atoms with Crippen LogP contribution in [0.25, 0.3) is 22.5 Å². The number of nitrogens with one attached hydrogen (secondary N) is 2. The molecule has 10 heteroatoms. The fraction of sp³-hybridized carbons (Fsp3) is 0.250. The highest BCUT2D eigenvalue weighted by atomic mass is 32.2. The monoisotopic (exact) mass is 439 g/mol. The van der Waals surface area contributed by atoms with Gasteiger partial charge in [-0.2, -0.15) is 4.99 Å². The lowest BCUT2D eigenvalue weighted by molar-refractivity contribution is -0.115. The van der Waals surface area contributed by atoms with E-state index < -0.39 is 0 Å². The maximum atomic E-state index is 11.5. The summed E-state index contributed by atoms with van der Waals surface area (Å²) in [6.45, 7) is 4.21. The Morgan fingerprint density at radius 1 is 1.20 bits per heavy atom. The van der Waals surface area contributed by atoms with Crippen LogP contribution in [0, 0.1) is 0 Å². The molecule has 0 spiro atoms. The van der Waals surface area contributed by atoms with Gasteiger partial charge in [-0.25, -0.2) is 10.5 Å². The molecule has 2 heterocycles. The lowest BCUT2D eigenvalue weighted by atomic mass is 9.98. The van der Waals surface area contributed by atoms with Crippen LogP contribution >= 0.6 is 23.5 Å². The zero-order chi connectivity index (χ0) is 20.9. The van der Waals surface area contributed by atoms with Gasteiger partial charge in [-0.05, 0) is 32.9 Å². The summed E-state index contributed by atoms with van der Waals surface area (Å²) in [5.41, 5.74) is 7.61. The van der Waals surface area contributed by atoms with E-state index in [2.05, 4.69) is 68.3 Å². The Labute approximate surface area is 182 Å². The minimum atomic E-state index is -0.194. The summed E-state index contributed by atoms with van der Waals surface area (Å²) in [4.78, 5) is 15.7. The van der Waals surface area contributed by atoms with Gasteiger partial charge in [-0.1, -0.05) is 67.2 Å². The molecule has 0 radical (unpaired) electrons. The fourth-order valence-corrected chi connectivity index (χ4v) is 5.35. The number of aromatic nitrogens is 4. The molecule has 8 nitrogen and oxygen atoms in total. The van der Waals surface area contributed by atoms with Crippen molar-refractivity contribution in [2.24, 2.45) is 4.99 Å². The third kappa shape index (κ3) is 4.72. The minimum Gasteiger partial charge on any atom is -0.280 e. The minimum absolute atomic E-state index is 0.162. The molecule has 30 heavy (non-hydrogen) atoms. The van der Waals surface area contributed by atoms with Crippen molar-refractivity contribution >= 4 is 34.6 Å². The SMILES string of the molecule is CCSC1NN(Cc2ccc(-c3ccccc3-c3nnn[nH]3)cc2)C(=NC(C)=O)S1. The van der Waals surface area contributed by atoms with E-state index in [1.807, 2.05) is 23.2 Å². The summed E-state index contributed by atoms with van der Waals surface area (Å²) in [7, 11) is 0. The Hall–Kier alpha value is -2.69. The van der Waals surface area contributed by atoms with E-state index in [1.54, 1.807) is 23.5 Å². The number of rotatable bonds is 6. The Balaban J connectivity index is 1.54. The quantitative estimate of drug-likeness (QED) is 0.602. The summed E-state index contributed by atoms with van der Waals surface area (Å²) >= 11 is 3.36. The highest BCUT2D eigenvalue weighted by Gasteiger charge is 2.28. The van der Waals surface area contributed by atoms with Gasteiger partial charge in [0.1, 0.15) is 4.71 Å². The van der Waals surface area contributed by atoms with Crippen LogP contribution in [-0.4, -0.2) is 47.2 Å². The summed E-state index contributed by atoms with van der Waals surface area (Å²) < 4.78 is 0.162. The molecule has 0 aliphatic carbocycles. The zero-order valence-electron chi connectivity index (χ0n) is 16.6. The van der Waals surface area contributed by atoms with Crippen LogP contribution in [-0.2, 0) is 11.3 Å². The van der Waals surface area contributed by atoms with Gasteiger partial charge in [0.2, 0.25) is 5.91 Å². The van der Waals surface area contributed by atoms with Crippen LogP contribution in [0.1, 0.15) is 19.4 Å². The van der Waals surface area contributed by atoms with Gasteiger partial charge in [-0.3, -0.25) is 9.80 Å². The van der Waals surface area contributed by atoms with Gasteiger partial charge in [0.15, 0.2) is 11.0 Å². The van der Waals surface area contributed by atoms with Gasteiger partial charge < -0.3 is 0 Å². The number of aliphatic imine (C=N–C) groups is 1. The smallest absolute Gasteiger partial charge is 0.245 e. The first-order valence-electron chi connectivity index (χ1n) is 9.47. The van der Waals surface area contributed by atoms with Crippen LogP contribution in [0.5, 0.6) is 0 Å². The van der Waals surface area contributed by atoms with Crippen molar-refractivity contribution in [2.75, 3.05) is 5.75 Å². The number of hydrogen-bond donors (Lipinski definition) is 2. The molecule has 154 valence electrons. The average molecular weight is 440 g/mol. The molecular formula is C20H21N7OS2. The first kappa shape index (κ1) is 20.6. The van der Waals surface area contributed by atoms with Crippen molar-refractivity contribution in [2.45, 2.75) is 25.1 Å². The van der Waals surface area contributed by atoms with E-state index in [0.717, 1.165) is 28.0 Å². The molecular weight excluding hydrogens is 418 g/mol. The van der Waals surface area contributed by atoms with Gasteiger partial charge in [0.05, 0.1) is 6.54 Å². The maximum absolute atomic E-state index is 11.5. The van der Waals surface area contributed by atoms with Crippen LogP contribution in [0.15, 0.2) is 53.5 Å². The predicted molar refractivity (Wildman–Crippen MR) is 121 cm³/mol. The Kier molecular flexibility index (Phi) is 6.46. The van der Waals surface area contributed by atoms with Crippen molar-refractivity contribution in [3.63, 3.8) is 0 Å². The summed E-state index contributed by atoms with van der Waals surface area (Å²) in [5, 5.41) is 16.9. The molecule has 0 bridgehead atoms. The number of carbonyl (C=O) groups is 1. The third-order valence-electron chi connectivity index (χ3n) is 4.41. The molecule has 1 unspecified atom stereocenters. The lowest BCUT2D eigenvalue weighted by Gasteiger charge is -2.19. The molecule has 1 amide bonds. The largest absolute Gasteiger partial charge is 0.280 e. The van der Waals surface area contributed by atoms with Gasteiger partial charge in [-0.15, -0.1) is 16.9 Å². The molecule has 2 N–H and O–H groups in total. The molecule has 2 aromatic carbocycles. The second kappa shape index (κ2) is 9.41. The van der Waals surface area contributed by atoms with E-state index in [9.17, 15) is 4.79 Å². The van der Waals surface area contributed by atoms with Crippen molar-refractivity contribution in [3.05, 3.63) is 54.1 Å². The molecule has 1 aliphatic rings. The van der Waals surface area contributed by atoms with E-state index in [4.69, 9.17) is 0 Å². The number of thioether (sulfide) groups is 2. The maximum Gasteiger partial charge on any atom is 0.245 e. The van der Waals surface area contributed by atoms with Crippen LogP contribution < -0.4 is 5.43 Å². The Bertz CT molecular complexity index is 1040. The number of tetrazole rings is 1. The van der Waals surface area contributed by atoms with Crippen LogP contribution in [0.3, 0.4) is 0 Å². The van der Waals surface area contributed by atoms with Crippen molar-refractivity contribution in [1.82, 2.24) is 31.1 Å². The number of H-pyrrole nitrogens is 1. The Morgan fingerprint density at radius 2 is 1.97 bits per heavy atom. The normalized spacial score (nSPS) is 17.6. The predicted octanol–water partition coefficient (Wildman–Crippen LogP) is 3.53. The first-order chi connectivity index (χ1) is 14.6. The van der Waals surface area contributed by atoms with E-state index in [1.165, 1.54) is 6.92 Å². The number of aromatic amines is 1. The van der Waals surface area contributed by atoms with Gasteiger partial charge >= 0.3 is 0 Å². The first-order valence-corrected chi connectivity index (χ1v) is 11.4. The number of amides is 1. The number of nitrogens with zero attached hydrogens (tertiary/aromatic N) is 5. The zero-order valence-corrected chi connectivity index (χ0v) is 18.2. The summed E-state index contributed by atoms with van der Waals surface area (Å²) in [5.74, 6) is 1.43. The second-order valence-corrected chi connectivity index (χ2v) is 9.28. The van der Waals surface area contributed by atoms with Crippen molar-refractivity contribution in [1.29, 1.82) is 0 Å². The molecule has 1 aromatic heterocycles. The molecule has 1 atom stereocenters. The number of carbonyl (C=O) groups excluding carboxylic acids is 1.